The van der Waals surface area contributed by atoms with E-state index >= 15 is 4.39 Å². The molecule has 2 aromatic rings. The van der Waals surface area contributed by atoms with Gasteiger partial charge in [0.1, 0.15) is 6.10 Å². The third-order valence-electron chi connectivity index (χ3n) is 7.17. The molecule has 0 saturated heterocycles. The van der Waals surface area contributed by atoms with Crippen molar-refractivity contribution in [1.29, 1.82) is 0 Å². The molecule has 4 rings (SSSR count). The van der Waals surface area contributed by atoms with E-state index in [0.717, 1.165) is 24.6 Å². The van der Waals surface area contributed by atoms with E-state index in [1.54, 1.807) is 26.8 Å². The Labute approximate surface area is 215 Å². The van der Waals surface area contributed by atoms with Gasteiger partial charge in [0.2, 0.25) is 5.88 Å². The summed E-state index contributed by atoms with van der Waals surface area (Å²) in [6.45, 7) is 8.64. The summed E-state index contributed by atoms with van der Waals surface area (Å²) in [5.41, 5.74) is 2.51. The maximum absolute atomic E-state index is 15.8. The topological polar surface area (TPSA) is 93.4 Å². The van der Waals surface area contributed by atoms with E-state index in [1.165, 1.54) is 13.2 Å². The zero-order chi connectivity index (χ0) is 26.9. The number of methoxy groups -OCH3 is 1. The Morgan fingerprint density at radius 2 is 2.00 bits per heavy atom. The number of hydrogen-bond donors (Lipinski definition) is 1. The minimum atomic E-state index is -0.937. The van der Waals surface area contributed by atoms with Crippen molar-refractivity contribution in [3.05, 3.63) is 58.4 Å². The smallest absolute Gasteiger partial charge is 0.306 e. The van der Waals surface area contributed by atoms with Gasteiger partial charge in [0, 0.05) is 17.5 Å². The number of hydrogen-bond acceptors (Lipinski definition) is 6. The summed E-state index contributed by atoms with van der Waals surface area (Å²) < 4.78 is 41.5. The van der Waals surface area contributed by atoms with Gasteiger partial charge in [-0.15, -0.1) is 0 Å². The average molecular weight is 512 g/mol. The average Bonchev–Trinajstić information content (AvgIpc) is 3.72. The van der Waals surface area contributed by atoms with Crippen LogP contribution in [0.2, 0.25) is 0 Å². The number of halogens is 2. The first kappa shape index (κ1) is 26.4. The number of pyridine rings is 1. The molecule has 3 atom stereocenters. The summed E-state index contributed by atoms with van der Waals surface area (Å²) in [6, 6.07) is 4.98. The van der Waals surface area contributed by atoms with Crippen LogP contribution in [0.1, 0.15) is 62.6 Å². The van der Waals surface area contributed by atoms with E-state index < -0.39 is 35.5 Å². The number of carbonyl (C=O) groups is 1. The third kappa shape index (κ3) is 5.40. The lowest BCUT2D eigenvalue weighted by molar-refractivity contribution is -0.142. The molecule has 1 unspecified atom stereocenters. The molecule has 1 aromatic heterocycles. The molecule has 0 amide bonds. The van der Waals surface area contributed by atoms with Crippen LogP contribution in [-0.4, -0.2) is 41.7 Å². The Morgan fingerprint density at radius 3 is 2.62 bits per heavy atom. The molecule has 1 aliphatic heterocycles. The molecule has 7 nitrogen and oxygen atoms in total. The number of aliphatic carboxylic acids is 1. The Morgan fingerprint density at radius 1 is 1.27 bits per heavy atom. The van der Waals surface area contributed by atoms with Crippen molar-refractivity contribution in [3.8, 4) is 11.6 Å². The summed E-state index contributed by atoms with van der Waals surface area (Å²) in [7, 11) is 1.43. The van der Waals surface area contributed by atoms with Gasteiger partial charge in [-0.05, 0) is 63.3 Å². The number of nitrogens with zero attached hydrogens (tertiary/aromatic N) is 3. The number of aromatic nitrogens is 1. The second-order valence-corrected chi connectivity index (χ2v) is 9.64. The second kappa shape index (κ2) is 10.8. The minimum absolute atomic E-state index is 0.153. The van der Waals surface area contributed by atoms with Gasteiger partial charge in [-0.3, -0.25) is 14.8 Å². The van der Waals surface area contributed by atoms with Gasteiger partial charge in [0.05, 0.1) is 36.3 Å². The third-order valence-corrected chi connectivity index (χ3v) is 7.17. The van der Waals surface area contributed by atoms with Crippen LogP contribution in [0.15, 0.2) is 40.1 Å². The van der Waals surface area contributed by atoms with Crippen LogP contribution in [0.5, 0.6) is 11.6 Å². The van der Waals surface area contributed by atoms with Crippen LogP contribution in [0.3, 0.4) is 0 Å². The fourth-order valence-electron chi connectivity index (χ4n) is 5.01. The molecule has 2 heterocycles. The summed E-state index contributed by atoms with van der Waals surface area (Å²) in [4.78, 5) is 24.1. The molecular weight excluding hydrogens is 480 g/mol. The van der Waals surface area contributed by atoms with Crippen LogP contribution in [-0.2, 0) is 11.2 Å². The number of allylic oxidation sites excluding steroid dienone is 1. The predicted molar refractivity (Wildman–Crippen MR) is 137 cm³/mol. The first-order chi connectivity index (χ1) is 17.7. The summed E-state index contributed by atoms with van der Waals surface area (Å²) in [5, 5.41) is 9.59. The predicted octanol–water partition coefficient (Wildman–Crippen LogP) is 5.83. The number of aliphatic imine (C=N–C) groups is 2. The highest BCUT2D eigenvalue weighted by molar-refractivity contribution is 5.89. The van der Waals surface area contributed by atoms with E-state index in [4.69, 9.17) is 9.47 Å². The van der Waals surface area contributed by atoms with Crippen molar-refractivity contribution < 1.29 is 28.2 Å². The van der Waals surface area contributed by atoms with Gasteiger partial charge in [-0.25, -0.2) is 13.8 Å². The molecule has 196 valence electrons. The Bertz CT molecular complexity index is 1290. The Hall–Kier alpha value is -3.62. The molecule has 1 N–H and O–H groups in total. The van der Waals surface area contributed by atoms with E-state index in [1.807, 2.05) is 6.07 Å². The lowest BCUT2D eigenvalue weighted by Gasteiger charge is -2.29. The van der Waals surface area contributed by atoms with Crippen molar-refractivity contribution in [2.45, 2.75) is 58.5 Å². The van der Waals surface area contributed by atoms with Crippen molar-refractivity contribution in [1.82, 2.24) is 4.98 Å². The molecule has 0 radical (unpaired) electrons. The van der Waals surface area contributed by atoms with Crippen LogP contribution < -0.4 is 9.47 Å². The zero-order valence-corrected chi connectivity index (χ0v) is 21.4. The summed E-state index contributed by atoms with van der Waals surface area (Å²) >= 11 is 0. The SMILES string of the molecule is C=N/C(=C(C)\N=C(/C)C1CCc2ccc([C@H](C3CC3)[C@H](C)C(=O)O)c(F)c2O1)c1cc(OC)ncc1F. The molecule has 2 aliphatic rings. The number of ether oxygens (including phenoxy) is 2. The van der Waals surface area contributed by atoms with E-state index in [9.17, 15) is 14.3 Å². The largest absolute Gasteiger partial charge is 0.481 e. The number of fused-ring (bicyclic) bond motifs is 1. The standard InChI is InChI=1S/C28H31F2N3O4/c1-14(28(34)35)24(17-6-7-17)19-10-8-18-9-11-22(37-27(18)25(19)30)15(2)33-16(3)26(31-4)20-12-23(36-5)32-13-21(20)29/h8,10,12-14,17,22,24H,4,6-7,9,11H2,1-3,5H3,(H,34,35)/b26-16-,33-15+/t14-,22?,24-/m0/s1. The molecule has 0 bridgehead atoms. The highest BCUT2D eigenvalue weighted by Crippen LogP contribution is 2.49. The zero-order valence-electron chi connectivity index (χ0n) is 21.4. The lowest BCUT2D eigenvalue weighted by atomic mass is 9.82. The van der Waals surface area contributed by atoms with Crippen molar-refractivity contribution in [2.75, 3.05) is 7.11 Å². The molecule has 0 spiro atoms. The Balaban J connectivity index is 1.64. The molecule has 9 heteroatoms. The normalized spacial score (nSPS) is 19.7. The molecule has 1 fully saturated rings. The molecule has 1 aliphatic carbocycles. The first-order valence-corrected chi connectivity index (χ1v) is 12.3. The minimum Gasteiger partial charge on any atom is -0.481 e. The van der Waals surface area contributed by atoms with Crippen LogP contribution >= 0.6 is 0 Å². The highest BCUT2D eigenvalue weighted by atomic mass is 19.1. The number of carboxylic acids is 1. The van der Waals surface area contributed by atoms with Gasteiger partial charge in [-0.1, -0.05) is 19.1 Å². The fourth-order valence-corrected chi connectivity index (χ4v) is 5.01. The quantitative estimate of drug-likeness (QED) is 0.428. The maximum atomic E-state index is 15.8. The van der Waals surface area contributed by atoms with Gasteiger partial charge in [0.15, 0.2) is 17.4 Å². The summed E-state index contributed by atoms with van der Waals surface area (Å²) in [5.74, 6) is -2.58. The van der Waals surface area contributed by atoms with Gasteiger partial charge in [0.25, 0.3) is 0 Å². The lowest BCUT2D eigenvalue weighted by Crippen LogP contribution is -2.31. The number of carboxylic acid groups (broad SMARTS) is 1. The summed E-state index contributed by atoms with van der Waals surface area (Å²) in [6.07, 6.45) is 3.49. The van der Waals surface area contributed by atoms with Gasteiger partial charge in [-0.2, -0.15) is 0 Å². The van der Waals surface area contributed by atoms with Crippen LogP contribution in [0.25, 0.3) is 5.70 Å². The van der Waals surface area contributed by atoms with Crippen molar-refractivity contribution in [2.24, 2.45) is 21.8 Å². The van der Waals surface area contributed by atoms with E-state index in [2.05, 4.69) is 21.7 Å². The monoisotopic (exact) mass is 511 g/mol. The first-order valence-electron chi connectivity index (χ1n) is 12.3. The van der Waals surface area contributed by atoms with Crippen molar-refractivity contribution >= 4 is 24.1 Å². The van der Waals surface area contributed by atoms with E-state index in [0.29, 0.717) is 29.8 Å². The number of rotatable bonds is 9. The highest BCUT2D eigenvalue weighted by Gasteiger charge is 2.41. The van der Waals surface area contributed by atoms with Gasteiger partial charge < -0.3 is 14.6 Å². The number of aryl methyl sites for hydroxylation is 1. The molecule has 1 saturated carbocycles. The van der Waals surface area contributed by atoms with E-state index in [-0.39, 0.29) is 28.8 Å². The number of benzene rings is 1. The Kier molecular flexibility index (Phi) is 7.71. The second-order valence-electron chi connectivity index (χ2n) is 9.64. The maximum Gasteiger partial charge on any atom is 0.306 e. The van der Waals surface area contributed by atoms with Crippen LogP contribution in [0, 0.1) is 23.5 Å². The van der Waals surface area contributed by atoms with Gasteiger partial charge >= 0.3 is 5.97 Å². The molecule has 37 heavy (non-hydrogen) atoms. The van der Waals surface area contributed by atoms with Crippen molar-refractivity contribution in [3.63, 3.8) is 0 Å². The van der Waals surface area contributed by atoms with Crippen LogP contribution in [0.4, 0.5) is 8.78 Å². The molecular formula is C28H31F2N3O4. The fraction of sp³-hybridized carbons (Fsp3) is 0.429. The molecule has 1 aromatic carbocycles.